The van der Waals surface area contributed by atoms with E-state index in [1.165, 1.54) is 5.56 Å². The van der Waals surface area contributed by atoms with Crippen molar-refractivity contribution in [2.75, 3.05) is 0 Å². The van der Waals surface area contributed by atoms with E-state index >= 15 is 0 Å². The van der Waals surface area contributed by atoms with Crippen molar-refractivity contribution in [2.45, 2.75) is 25.9 Å². The van der Waals surface area contributed by atoms with Gasteiger partial charge in [-0.15, -0.1) is 0 Å². The maximum Gasteiger partial charge on any atom is 0.130 e. The van der Waals surface area contributed by atoms with Gasteiger partial charge >= 0.3 is 0 Å². The lowest BCUT2D eigenvalue weighted by Crippen LogP contribution is -2.11. The Labute approximate surface area is 117 Å². The lowest BCUT2D eigenvalue weighted by molar-refractivity contribution is 0.123. The molecule has 0 aliphatic heterocycles. The second-order valence-electron chi connectivity index (χ2n) is 5.29. The second kappa shape index (κ2) is 4.66. The summed E-state index contributed by atoms with van der Waals surface area (Å²) >= 11 is 6.27. The van der Waals surface area contributed by atoms with Gasteiger partial charge in [0.05, 0.1) is 11.8 Å². The quantitative estimate of drug-likeness (QED) is 0.916. The van der Waals surface area contributed by atoms with Crippen LogP contribution in [0.15, 0.2) is 24.3 Å². The third kappa shape index (κ3) is 2.07. The molecule has 3 rings (SSSR count). The molecule has 1 heterocycles. The molecule has 0 saturated heterocycles. The van der Waals surface area contributed by atoms with E-state index in [0.717, 1.165) is 29.7 Å². The molecule has 100 valence electrons. The first kappa shape index (κ1) is 12.7. The van der Waals surface area contributed by atoms with E-state index < -0.39 is 6.10 Å². The zero-order chi connectivity index (χ0) is 13.6. The fourth-order valence-corrected chi connectivity index (χ4v) is 3.26. The van der Waals surface area contributed by atoms with Crippen LogP contribution in [0.25, 0.3) is 0 Å². The molecule has 1 aliphatic rings. The van der Waals surface area contributed by atoms with Gasteiger partial charge in [0.15, 0.2) is 0 Å². The Balaban J connectivity index is 1.87. The molecule has 1 aliphatic carbocycles. The van der Waals surface area contributed by atoms with Crippen LogP contribution in [0.5, 0.6) is 0 Å². The van der Waals surface area contributed by atoms with Crippen molar-refractivity contribution >= 4 is 11.6 Å². The average Bonchev–Trinajstić information content (AvgIpc) is 2.83. The van der Waals surface area contributed by atoms with Crippen LogP contribution in [0.2, 0.25) is 5.15 Å². The van der Waals surface area contributed by atoms with Gasteiger partial charge in [-0.05, 0) is 36.8 Å². The van der Waals surface area contributed by atoms with Crippen molar-refractivity contribution < 1.29 is 5.11 Å². The number of aliphatic hydroxyl groups is 1. The summed E-state index contributed by atoms with van der Waals surface area (Å²) in [6, 6.07) is 8.11. The highest BCUT2D eigenvalue weighted by Gasteiger charge is 2.32. The van der Waals surface area contributed by atoms with Crippen LogP contribution in [-0.4, -0.2) is 14.9 Å². The Morgan fingerprint density at radius 2 is 2.16 bits per heavy atom. The summed E-state index contributed by atoms with van der Waals surface area (Å²) in [4.78, 5) is 0. The molecule has 3 nitrogen and oxygen atoms in total. The molecule has 0 spiro atoms. The Hall–Kier alpha value is -1.32. The minimum atomic E-state index is -0.396. The third-order valence-electron chi connectivity index (χ3n) is 4.04. The van der Waals surface area contributed by atoms with Gasteiger partial charge in [0, 0.05) is 12.6 Å². The van der Waals surface area contributed by atoms with Crippen molar-refractivity contribution in [3.63, 3.8) is 0 Å². The van der Waals surface area contributed by atoms with Gasteiger partial charge in [0.25, 0.3) is 0 Å². The van der Waals surface area contributed by atoms with Crippen molar-refractivity contribution in [3.05, 3.63) is 51.8 Å². The number of aromatic nitrogens is 2. The fraction of sp³-hybridized carbons (Fsp3) is 0.400. The molecule has 2 atom stereocenters. The molecule has 1 N–H and O–H groups in total. The molecular weight excluding hydrogens is 260 g/mol. The average molecular weight is 277 g/mol. The van der Waals surface area contributed by atoms with E-state index in [-0.39, 0.29) is 5.92 Å². The topological polar surface area (TPSA) is 38.0 Å². The number of rotatable bonds is 2. The first-order valence-electron chi connectivity index (χ1n) is 6.51. The maximum atomic E-state index is 10.4. The number of benzene rings is 1. The highest BCUT2D eigenvalue weighted by Crippen LogP contribution is 2.39. The number of nitrogens with zero attached hydrogens (tertiary/aromatic N) is 2. The molecule has 0 fully saturated rings. The number of fused-ring (bicyclic) bond motifs is 1. The van der Waals surface area contributed by atoms with Crippen molar-refractivity contribution in [1.29, 1.82) is 0 Å². The Morgan fingerprint density at radius 1 is 1.42 bits per heavy atom. The Morgan fingerprint density at radius 3 is 2.79 bits per heavy atom. The molecular formula is C15H17ClN2O. The van der Waals surface area contributed by atoms with Gasteiger partial charge in [-0.1, -0.05) is 35.9 Å². The van der Waals surface area contributed by atoms with Crippen LogP contribution >= 0.6 is 11.6 Å². The minimum absolute atomic E-state index is 0.192. The van der Waals surface area contributed by atoms with E-state index in [9.17, 15) is 5.11 Å². The van der Waals surface area contributed by atoms with Crippen molar-refractivity contribution in [2.24, 2.45) is 13.0 Å². The summed E-state index contributed by atoms with van der Waals surface area (Å²) in [6.45, 7) is 1.97. The SMILES string of the molecule is Cc1nn(C)c(Cl)c1CC1Cc2ccccc2C1O. The molecule has 19 heavy (non-hydrogen) atoms. The normalized spacial score (nSPS) is 21.7. The fourth-order valence-electron chi connectivity index (χ4n) is 3.01. The van der Waals surface area contributed by atoms with Gasteiger partial charge in [-0.25, -0.2) is 0 Å². The molecule has 0 saturated carbocycles. The summed E-state index contributed by atoms with van der Waals surface area (Å²) in [5.74, 6) is 0.192. The van der Waals surface area contributed by atoms with Crippen LogP contribution in [0, 0.1) is 12.8 Å². The zero-order valence-electron chi connectivity index (χ0n) is 11.1. The van der Waals surface area contributed by atoms with Gasteiger partial charge in [-0.3, -0.25) is 4.68 Å². The molecule has 4 heteroatoms. The van der Waals surface area contributed by atoms with Crippen LogP contribution in [0.4, 0.5) is 0 Å². The van der Waals surface area contributed by atoms with Gasteiger partial charge < -0.3 is 5.11 Å². The summed E-state index contributed by atoms with van der Waals surface area (Å²) in [7, 11) is 1.85. The molecule has 2 unspecified atom stereocenters. The summed E-state index contributed by atoms with van der Waals surface area (Å²) < 4.78 is 1.70. The van der Waals surface area contributed by atoms with Crippen LogP contribution < -0.4 is 0 Å². The monoisotopic (exact) mass is 276 g/mol. The largest absolute Gasteiger partial charge is 0.388 e. The van der Waals surface area contributed by atoms with Crippen molar-refractivity contribution in [3.8, 4) is 0 Å². The number of halogens is 1. The molecule has 1 aromatic heterocycles. The smallest absolute Gasteiger partial charge is 0.130 e. The Bertz CT molecular complexity index is 621. The number of aliphatic hydroxyl groups excluding tert-OH is 1. The minimum Gasteiger partial charge on any atom is -0.388 e. The lowest BCUT2D eigenvalue weighted by atomic mass is 9.95. The summed E-state index contributed by atoms with van der Waals surface area (Å²) in [5, 5.41) is 15.4. The first-order valence-corrected chi connectivity index (χ1v) is 6.89. The second-order valence-corrected chi connectivity index (χ2v) is 5.65. The van der Waals surface area contributed by atoms with E-state index in [1.807, 2.05) is 32.2 Å². The number of hydrogen-bond acceptors (Lipinski definition) is 2. The standard InChI is InChI=1S/C15H17ClN2O/c1-9-13(15(16)18(2)17-9)8-11-7-10-5-3-4-6-12(10)14(11)19/h3-6,11,14,19H,7-8H2,1-2H3. The van der Waals surface area contributed by atoms with Crippen LogP contribution in [-0.2, 0) is 19.9 Å². The van der Waals surface area contributed by atoms with E-state index in [2.05, 4.69) is 11.2 Å². The van der Waals surface area contributed by atoms with E-state index in [0.29, 0.717) is 5.15 Å². The summed E-state index contributed by atoms with van der Waals surface area (Å²) in [5.41, 5.74) is 4.32. The number of aryl methyl sites for hydroxylation is 2. The molecule has 0 amide bonds. The number of hydrogen-bond donors (Lipinski definition) is 1. The predicted molar refractivity (Wildman–Crippen MR) is 75.3 cm³/mol. The van der Waals surface area contributed by atoms with Gasteiger partial charge in [0.1, 0.15) is 5.15 Å². The zero-order valence-corrected chi connectivity index (χ0v) is 11.9. The van der Waals surface area contributed by atoms with Crippen molar-refractivity contribution in [1.82, 2.24) is 9.78 Å². The maximum absolute atomic E-state index is 10.4. The molecule has 0 radical (unpaired) electrons. The highest BCUT2D eigenvalue weighted by molar-refractivity contribution is 6.30. The van der Waals surface area contributed by atoms with E-state index in [1.54, 1.807) is 4.68 Å². The van der Waals surface area contributed by atoms with Crippen LogP contribution in [0.3, 0.4) is 0 Å². The van der Waals surface area contributed by atoms with E-state index in [4.69, 9.17) is 11.6 Å². The third-order valence-corrected chi connectivity index (χ3v) is 4.51. The molecule has 2 aromatic rings. The summed E-state index contributed by atoms with van der Waals surface area (Å²) in [6.07, 6.45) is 1.28. The first-order chi connectivity index (χ1) is 9.08. The lowest BCUT2D eigenvalue weighted by Gasteiger charge is -2.14. The molecule has 0 bridgehead atoms. The van der Waals surface area contributed by atoms with Gasteiger partial charge in [-0.2, -0.15) is 5.10 Å². The van der Waals surface area contributed by atoms with Crippen LogP contribution in [0.1, 0.15) is 28.5 Å². The predicted octanol–water partition coefficient (Wildman–Crippen LogP) is 2.83. The van der Waals surface area contributed by atoms with Gasteiger partial charge in [0.2, 0.25) is 0 Å². The molecule has 1 aromatic carbocycles. The Kier molecular flexibility index (Phi) is 3.11. The highest BCUT2D eigenvalue weighted by atomic mass is 35.5.